The van der Waals surface area contributed by atoms with Crippen LogP contribution >= 0.6 is 11.6 Å². The van der Waals surface area contributed by atoms with E-state index in [4.69, 9.17) is 11.6 Å². The summed E-state index contributed by atoms with van der Waals surface area (Å²) in [4.78, 5) is 25.3. The lowest BCUT2D eigenvalue weighted by molar-refractivity contribution is -0.111. The van der Waals surface area contributed by atoms with Gasteiger partial charge >= 0.3 is 0 Å². The van der Waals surface area contributed by atoms with Crippen molar-refractivity contribution in [1.29, 1.82) is 0 Å². The van der Waals surface area contributed by atoms with Gasteiger partial charge in [-0.3, -0.25) is 9.69 Å². The van der Waals surface area contributed by atoms with E-state index in [1.54, 1.807) is 36.4 Å². The van der Waals surface area contributed by atoms with Crippen molar-refractivity contribution >= 4 is 65.8 Å². The van der Waals surface area contributed by atoms with Crippen LogP contribution in [0.3, 0.4) is 0 Å². The molecule has 306 valence electrons. The summed E-state index contributed by atoms with van der Waals surface area (Å²) in [6, 6.07) is 19.5. The summed E-state index contributed by atoms with van der Waals surface area (Å²) in [6.45, 7) is 15.3. The molecule has 0 spiro atoms. The molecule has 0 bridgehead atoms. The Balaban J connectivity index is 0.000000273. The molecular formula is C41H42ClFN6O7S2-2. The molecule has 6 rings (SSSR count). The molecule has 1 saturated heterocycles. The topological polar surface area (TPSA) is 188 Å². The molecule has 1 amide bonds. The lowest BCUT2D eigenvalue weighted by Crippen LogP contribution is -2.53. The molecule has 1 aliphatic rings. The molecule has 13 nitrogen and oxygen atoms in total. The minimum Gasteiger partial charge on any atom is -0.744 e. The highest BCUT2D eigenvalue weighted by atomic mass is 35.5. The van der Waals surface area contributed by atoms with Crippen molar-refractivity contribution in [3.05, 3.63) is 125 Å². The Kier molecular flexibility index (Phi) is 15.3. The van der Waals surface area contributed by atoms with Gasteiger partial charge in [-0.15, -0.1) is 0 Å². The number of benzene rings is 4. The fourth-order valence-corrected chi connectivity index (χ4v) is 6.50. The van der Waals surface area contributed by atoms with Crippen LogP contribution in [0.2, 0.25) is 5.02 Å². The zero-order valence-corrected chi connectivity index (χ0v) is 34.8. The van der Waals surface area contributed by atoms with E-state index in [-0.39, 0.29) is 26.3 Å². The lowest BCUT2D eigenvalue weighted by Gasteiger charge is -2.40. The van der Waals surface area contributed by atoms with Crippen molar-refractivity contribution in [1.82, 2.24) is 19.8 Å². The van der Waals surface area contributed by atoms with Crippen LogP contribution in [0, 0.1) is 31.5 Å². The van der Waals surface area contributed by atoms with Crippen LogP contribution in [0.5, 0.6) is 0 Å². The number of likely N-dealkylation sites (N-methyl/N-ethyl adjacent to an activating group) is 1. The Morgan fingerprint density at radius 3 is 1.93 bits per heavy atom. The third-order valence-corrected chi connectivity index (χ3v) is 10.8. The molecule has 5 aromatic rings. The van der Waals surface area contributed by atoms with E-state index in [0.717, 1.165) is 37.3 Å². The summed E-state index contributed by atoms with van der Waals surface area (Å²) in [5.74, 6) is 6.28. The Morgan fingerprint density at radius 1 is 0.879 bits per heavy atom. The molecule has 1 fully saturated rings. The van der Waals surface area contributed by atoms with Crippen molar-refractivity contribution in [2.24, 2.45) is 0 Å². The van der Waals surface area contributed by atoms with Crippen molar-refractivity contribution in [3.8, 4) is 11.8 Å². The predicted octanol–water partition coefficient (Wildman–Crippen LogP) is 6.47. The Hall–Kier alpha value is -5.25. The summed E-state index contributed by atoms with van der Waals surface area (Å²) in [7, 11) is -6.42. The number of nitrogens with zero attached hydrogens (tertiary/aromatic N) is 4. The molecular weight excluding hydrogens is 807 g/mol. The number of carbonyl (C=O) groups excluding carboxylic acids is 1. The van der Waals surface area contributed by atoms with E-state index in [0.29, 0.717) is 33.7 Å². The highest BCUT2D eigenvalue weighted by Gasteiger charge is 2.27. The monoisotopic (exact) mass is 848 g/mol. The van der Waals surface area contributed by atoms with Gasteiger partial charge < -0.3 is 24.6 Å². The van der Waals surface area contributed by atoms with Crippen LogP contribution in [-0.4, -0.2) is 90.4 Å². The average Bonchev–Trinajstić information content (AvgIpc) is 3.16. The third-order valence-electron chi connectivity index (χ3n) is 8.82. The maximum atomic E-state index is 13.6. The maximum absolute atomic E-state index is 13.6. The summed E-state index contributed by atoms with van der Waals surface area (Å²) >= 11 is 5.93. The molecule has 0 saturated carbocycles. The zero-order valence-electron chi connectivity index (χ0n) is 32.4. The van der Waals surface area contributed by atoms with Gasteiger partial charge in [-0.2, -0.15) is 0 Å². The number of hydrogen-bond acceptors (Lipinski definition) is 12. The highest BCUT2D eigenvalue weighted by Crippen LogP contribution is 2.30. The second-order valence-electron chi connectivity index (χ2n) is 13.7. The number of fused-ring (bicyclic) bond motifs is 1. The van der Waals surface area contributed by atoms with Crippen LogP contribution in [0.25, 0.3) is 10.9 Å². The van der Waals surface area contributed by atoms with E-state index in [9.17, 15) is 35.1 Å². The Bertz CT molecular complexity index is 2480. The van der Waals surface area contributed by atoms with Crippen LogP contribution in [0.15, 0.2) is 108 Å². The summed E-state index contributed by atoms with van der Waals surface area (Å²) < 4.78 is 75.9. The maximum Gasteiger partial charge on any atom is 0.247 e. The number of aryl methyl sites for hydroxylation is 2. The zero-order chi connectivity index (χ0) is 42.8. The predicted molar refractivity (Wildman–Crippen MR) is 221 cm³/mol. The van der Waals surface area contributed by atoms with Gasteiger partial charge in [-0.05, 0) is 95.4 Å². The van der Waals surface area contributed by atoms with E-state index < -0.39 is 26.1 Å². The first-order valence-corrected chi connectivity index (χ1v) is 20.8. The van der Waals surface area contributed by atoms with Crippen molar-refractivity contribution in [3.63, 3.8) is 0 Å². The largest absolute Gasteiger partial charge is 0.744 e. The second kappa shape index (κ2) is 19.5. The van der Waals surface area contributed by atoms with Gasteiger partial charge in [0, 0.05) is 37.3 Å². The van der Waals surface area contributed by atoms with Gasteiger partial charge in [0.1, 0.15) is 38.2 Å². The number of hydrogen-bond donors (Lipinski definition) is 2. The van der Waals surface area contributed by atoms with E-state index >= 15 is 0 Å². The number of aromatic nitrogens is 2. The van der Waals surface area contributed by atoms with Crippen LogP contribution in [-0.2, 0) is 25.0 Å². The summed E-state index contributed by atoms with van der Waals surface area (Å²) in [5, 5.41) is 6.65. The molecule has 4 aromatic carbocycles. The summed E-state index contributed by atoms with van der Waals surface area (Å²) in [6.07, 6.45) is 2.64. The van der Waals surface area contributed by atoms with Crippen molar-refractivity contribution < 1.29 is 35.1 Å². The smallest absolute Gasteiger partial charge is 0.247 e. The fourth-order valence-electron chi connectivity index (χ4n) is 5.38. The quantitative estimate of drug-likeness (QED) is 0.103. The minimum atomic E-state index is -4.27. The second-order valence-corrected chi connectivity index (χ2v) is 16.9. The Morgan fingerprint density at radius 2 is 1.43 bits per heavy atom. The molecule has 2 N–H and O–H groups in total. The number of carbonyl (C=O) groups is 1. The number of anilines is 3. The molecule has 0 atom stereocenters. The first-order valence-electron chi connectivity index (χ1n) is 17.6. The van der Waals surface area contributed by atoms with E-state index in [2.05, 4.69) is 69.7 Å². The standard InChI is InChI=1S/C27H28ClFN6O.2C7H8O3S/c1-5-25(36)33-23-16-20-24(30-17-31-26(20)32-19-6-7-22(29)21(28)15-19)14-18(23)8-9-27(2,3)35-12-10-34(4)11-13-35;2*1-6-2-4-7(5-3-6)11(8,9)10/h5-7,14-17H,1,10-13H2,2-4H3,(H,33,36)(H,30,31,32);2*2-5H,1H3,(H,8,9,10)/p-2. The van der Waals surface area contributed by atoms with Crippen LogP contribution < -0.4 is 10.6 Å². The number of halogens is 2. The number of rotatable bonds is 7. The van der Waals surface area contributed by atoms with Gasteiger partial charge in [0.25, 0.3) is 0 Å². The first-order chi connectivity index (χ1) is 27.2. The van der Waals surface area contributed by atoms with Crippen molar-refractivity contribution in [2.45, 2.75) is 43.0 Å². The summed E-state index contributed by atoms with van der Waals surface area (Å²) in [5.41, 5.74) is 3.86. The van der Waals surface area contributed by atoms with Gasteiger partial charge in [-0.1, -0.05) is 65.4 Å². The Labute approximate surface area is 343 Å². The lowest BCUT2D eigenvalue weighted by atomic mass is 10.0. The fraction of sp³-hybridized carbons (Fsp3) is 0.244. The van der Waals surface area contributed by atoms with Crippen molar-refractivity contribution in [2.75, 3.05) is 43.9 Å². The first kappa shape index (κ1) is 45.5. The van der Waals surface area contributed by atoms with E-state index in [1.807, 2.05) is 19.9 Å². The van der Waals surface area contributed by atoms with Gasteiger partial charge in [0.15, 0.2) is 0 Å². The molecule has 17 heteroatoms. The molecule has 0 radical (unpaired) electrons. The number of nitrogens with one attached hydrogen (secondary N) is 2. The minimum absolute atomic E-state index is 0.00202. The molecule has 2 heterocycles. The van der Waals surface area contributed by atoms with Gasteiger partial charge in [0.2, 0.25) is 5.91 Å². The molecule has 0 aliphatic carbocycles. The average molecular weight is 849 g/mol. The van der Waals surface area contributed by atoms with Crippen LogP contribution in [0.4, 0.5) is 21.6 Å². The SMILES string of the molecule is C=CC(=O)Nc1cc2c(Nc3ccc(F)c(Cl)c3)ncnc2cc1C#CC(C)(C)N1CCN(C)CC1.Cc1ccc(S(=O)(=O)[O-])cc1.Cc1ccc(S(=O)(=O)[O-])cc1. The third kappa shape index (κ3) is 13.1. The number of amides is 1. The highest BCUT2D eigenvalue weighted by molar-refractivity contribution is 7.86. The number of piperazine rings is 1. The molecule has 1 aromatic heterocycles. The molecule has 1 aliphatic heterocycles. The van der Waals surface area contributed by atoms with Gasteiger partial charge in [0.05, 0.1) is 37.1 Å². The van der Waals surface area contributed by atoms with Gasteiger partial charge in [-0.25, -0.2) is 31.2 Å². The molecule has 0 unspecified atom stereocenters. The van der Waals surface area contributed by atoms with Crippen LogP contribution in [0.1, 0.15) is 30.5 Å². The normalized spacial score (nSPS) is 13.5. The van der Waals surface area contributed by atoms with E-state index in [1.165, 1.54) is 48.8 Å². The molecule has 58 heavy (non-hydrogen) atoms.